The predicted molar refractivity (Wildman–Crippen MR) is 79.9 cm³/mol. The van der Waals surface area contributed by atoms with E-state index in [9.17, 15) is 0 Å². The summed E-state index contributed by atoms with van der Waals surface area (Å²) in [6.45, 7) is 0.737. The van der Waals surface area contributed by atoms with Gasteiger partial charge in [0, 0.05) is 31.6 Å². The highest BCUT2D eigenvalue weighted by Gasteiger charge is 2.11. The van der Waals surface area contributed by atoms with Crippen molar-refractivity contribution in [1.29, 1.82) is 0 Å². The molecule has 0 saturated heterocycles. The van der Waals surface area contributed by atoms with E-state index in [1.807, 2.05) is 44.4 Å². The summed E-state index contributed by atoms with van der Waals surface area (Å²) in [6.07, 6.45) is 3.43. The molecule has 0 fully saturated rings. The van der Waals surface area contributed by atoms with Gasteiger partial charge in [-0.2, -0.15) is 4.98 Å². The number of nitrogens with one attached hydrogen (secondary N) is 1. The van der Waals surface area contributed by atoms with Gasteiger partial charge in [-0.25, -0.2) is 4.98 Å². The van der Waals surface area contributed by atoms with Crippen LogP contribution in [0.2, 0.25) is 0 Å². The standard InChI is InChI=1S/C15H16N4O/c1-16-15-17-13-6-4-3-5-12(13)14(18-15)19(2)9-11-7-8-20-10-11/h3-8,10H,9H2,1-2H3,(H,16,17,18). The van der Waals surface area contributed by atoms with E-state index in [4.69, 9.17) is 4.42 Å². The Kier molecular flexibility index (Phi) is 3.25. The zero-order valence-corrected chi connectivity index (χ0v) is 11.5. The van der Waals surface area contributed by atoms with Crippen molar-refractivity contribution in [3.05, 3.63) is 48.4 Å². The van der Waals surface area contributed by atoms with E-state index in [1.165, 1.54) is 0 Å². The first kappa shape index (κ1) is 12.5. The van der Waals surface area contributed by atoms with Crippen molar-refractivity contribution in [2.45, 2.75) is 6.54 Å². The largest absolute Gasteiger partial charge is 0.472 e. The summed E-state index contributed by atoms with van der Waals surface area (Å²) in [6, 6.07) is 9.97. The van der Waals surface area contributed by atoms with Gasteiger partial charge in [0.25, 0.3) is 0 Å². The average Bonchev–Trinajstić information content (AvgIpc) is 2.98. The summed E-state index contributed by atoms with van der Waals surface area (Å²) in [5.74, 6) is 1.53. The van der Waals surface area contributed by atoms with Gasteiger partial charge in [0.2, 0.25) is 5.95 Å². The molecule has 1 aromatic carbocycles. The molecule has 5 nitrogen and oxygen atoms in total. The van der Waals surface area contributed by atoms with E-state index >= 15 is 0 Å². The minimum atomic E-state index is 0.623. The number of hydrogen-bond donors (Lipinski definition) is 1. The zero-order chi connectivity index (χ0) is 13.9. The van der Waals surface area contributed by atoms with Gasteiger partial charge in [0.15, 0.2) is 0 Å². The third-order valence-electron chi connectivity index (χ3n) is 3.17. The van der Waals surface area contributed by atoms with Gasteiger partial charge in [-0.3, -0.25) is 0 Å². The van der Waals surface area contributed by atoms with Crippen LogP contribution >= 0.6 is 0 Å². The van der Waals surface area contributed by atoms with Crippen LogP contribution in [0.1, 0.15) is 5.56 Å². The Bertz CT molecular complexity index is 709. The quantitative estimate of drug-likeness (QED) is 0.788. The van der Waals surface area contributed by atoms with Crippen molar-refractivity contribution in [2.24, 2.45) is 0 Å². The number of aromatic nitrogens is 2. The monoisotopic (exact) mass is 268 g/mol. The predicted octanol–water partition coefficient (Wildman–Crippen LogP) is 2.90. The fourth-order valence-electron chi connectivity index (χ4n) is 2.19. The lowest BCUT2D eigenvalue weighted by Crippen LogP contribution is -2.18. The van der Waals surface area contributed by atoms with E-state index in [0.29, 0.717) is 5.95 Å². The molecule has 2 aromatic heterocycles. The van der Waals surface area contributed by atoms with Crippen LogP contribution in [-0.4, -0.2) is 24.1 Å². The number of benzene rings is 1. The topological polar surface area (TPSA) is 54.2 Å². The maximum absolute atomic E-state index is 5.11. The molecule has 20 heavy (non-hydrogen) atoms. The molecule has 0 spiro atoms. The van der Waals surface area contributed by atoms with Crippen LogP contribution in [0.15, 0.2) is 47.3 Å². The molecule has 0 bridgehead atoms. The average molecular weight is 268 g/mol. The lowest BCUT2D eigenvalue weighted by atomic mass is 10.2. The first-order chi connectivity index (χ1) is 9.78. The number of nitrogens with zero attached hydrogens (tertiary/aromatic N) is 3. The number of anilines is 2. The van der Waals surface area contributed by atoms with Gasteiger partial charge in [0.05, 0.1) is 18.0 Å². The molecular weight excluding hydrogens is 252 g/mol. The third-order valence-corrected chi connectivity index (χ3v) is 3.17. The lowest BCUT2D eigenvalue weighted by Gasteiger charge is -2.19. The second-order valence-corrected chi connectivity index (χ2v) is 4.63. The highest BCUT2D eigenvalue weighted by atomic mass is 16.3. The molecule has 0 amide bonds. The molecule has 102 valence electrons. The van der Waals surface area contributed by atoms with E-state index in [2.05, 4.69) is 20.2 Å². The van der Waals surface area contributed by atoms with Crippen molar-refractivity contribution in [3.8, 4) is 0 Å². The van der Waals surface area contributed by atoms with Crippen molar-refractivity contribution < 1.29 is 4.42 Å². The number of hydrogen-bond acceptors (Lipinski definition) is 5. The fourth-order valence-corrected chi connectivity index (χ4v) is 2.19. The summed E-state index contributed by atoms with van der Waals surface area (Å²) in [5, 5.41) is 4.05. The van der Waals surface area contributed by atoms with Crippen LogP contribution in [0.3, 0.4) is 0 Å². The van der Waals surface area contributed by atoms with Crippen LogP contribution in [-0.2, 0) is 6.54 Å². The third kappa shape index (κ3) is 2.30. The van der Waals surface area contributed by atoms with Crippen LogP contribution < -0.4 is 10.2 Å². The lowest BCUT2D eigenvalue weighted by molar-refractivity contribution is 0.563. The Balaban J connectivity index is 2.04. The molecule has 0 unspecified atom stereocenters. The van der Waals surface area contributed by atoms with E-state index in [0.717, 1.165) is 28.8 Å². The van der Waals surface area contributed by atoms with E-state index < -0.39 is 0 Å². The molecule has 5 heteroatoms. The number of rotatable bonds is 4. The zero-order valence-electron chi connectivity index (χ0n) is 11.5. The first-order valence-corrected chi connectivity index (χ1v) is 6.44. The summed E-state index contributed by atoms with van der Waals surface area (Å²) in [4.78, 5) is 11.1. The Morgan fingerprint density at radius 3 is 2.80 bits per heavy atom. The van der Waals surface area contributed by atoms with Crippen LogP contribution in [0.25, 0.3) is 10.9 Å². The molecule has 0 aliphatic rings. The van der Waals surface area contributed by atoms with Gasteiger partial charge in [-0.1, -0.05) is 12.1 Å². The summed E-state index contributed by atoms with van der Waals surface area (Å²) < 4.78 is 5.11. The Hall–Kier alpha value is -2.56. The van der Waals surface area contributed by atoms with Gasteiger partial charge in [0.1, 0.15) is 5.82 Å². The highest BCUT2D eigenvalue weighted by molar-refractivity contribution is 5.90. The second kappa shape index (κ2) is 5.21. The van der Waals surface area contributed by atoms with Crippen LogP contribution in [0.5, 0.6) is 0 Å². The summed E-state index contributed by atoms with van der Waals surface area (Å²) >= 11 is 0. The van der Waals surface area contributed by atoms with E-state index in [1.54, 1.807) is 12.5 Å². The summed E-state index contributed by atoms with van der Waals surface area (Å²) in [7, 11) is 3.84. The minimum absolute atomic E-state index is 0.623. The number of fused-ring (bicyclic) bond motifs is 1. The van der Waals surface area contributed by atoms with Gasteiger partial charge < -0.3 is 14.6 Å². The highest BCUT2D eigenvalue weighted by Crippen LogP contribution is 2.25. The van der Waals surface area contributed by atoms with Gasteiger partial charge in [-0.15, -0.1) is 0 Å². The molecule has 3 rings (SSSR count). The summed E-state index contributed by atoms with van der Waals surface area (Å²) in [5.41, 5.74) is 2.04. The van der Waals surface area contributed by atoms with Crippen molar-refractivity contribution >= 4 is 22.7 Å². The number of furan rings is 1. The Labute approximate surface area is 117 Å². The Morgan fingerprint density at radius 2 is 2.05 bits per heavy atom. The maximum atomic E-state index is 5.11. The molecule has 1 N–H and O–H groups in total. The molecular formula is C15H16N4O. The van der Waals surface area contributed by atoms with Crippen molar-refractivity contribution in [1.82, 2.24) is 9.97 Å². The number of para-hydroxylation sites is 1. The first-order valence-electron chi connectivity index (χ1n) is 6.44. The fraction of sp³-hybridized carbons (Fsp3) is 0.200. The molecule has 0 radical (unpaired) electrons. The Morgan fingerprint density at radius 1 is 1.20 bits per heavy atom. The second-order valence-electron chi connectivity index (χ2n) is 4.63. The molecule has 3 aromatic rings. The molecule has 2 heterocycles. The van der Waals surface area contributed by atoms with Crippen molar-refractivity contribution in [3.63, 3.8) is 0 Å². The van der Waals surface area contributed by atoms with Crippen molar-refractivity contribution in [2.75, 3.05) is 24.3 Å². The van der Waals surface area contributed by atoms with Crippen LogP contribution in [0, 0.1) is 0 Å². The molecule has 0 saturated carbocycles. The smallest absolute Gasteiger partial charge is 0.224 e. The maximum Gasteiger partial charge on any atom is 0.224 e. The van der Waals surface area contributed by atoms with Gasteiger partial charge >= 0.3 is 0 Å². The van der Waals surface area contributed by atoms with Crippen LogP contribution in [0.4, 0.5) is 11.8 Å². The minimum Gasteiger partial charge on any atom is -0.472 e. The molecule has 0 atom stereocenters. The normalized spacial score (nSPS) is 10.7. The molecule has 0 aliphatic carbocycles. The van der Waals surface area contributed by atoms with Gasteiger partial charge in [-0.05, 0) is 18.2 Å². The molecule has 0 aliphatic heterocycles. The SMILES string of the molecule is CNc1nc(N(C)Cc2ccoc2)c2ccccc2n1. The van der Waals surface area contributed by atoms with E-state index in [-0.39, 0.29) is 0 Å².